The molecule has 0 bridgehead atoms. The van der Waals surface area contributed by atoms with Gasteiger partial charge in [-0.25, -0.2) is 9.59 Å². The third-order valence-corrected chi connectivity index (χ3v) is 11.3. The molecule has 1 N–H and O–H groups in total. The van der Waals surface area contributed by atoms with Crippen molar-refractivity contribution in [1.29, 1.82) is 0 Å². The van der Waals surface area contributed by atoms with Gasteiger partial charge in [0.25, 0.3) is 5.56 Å². The molecule has 0 saturated heterocycles. The Kier molecular flexibility index (Phi) is 13.2. The van der Waals surface area contributed by atoms with E-state index in [1.165, 1.54) is 16.8 Å². The summed E-state index contributed by atoms with van der Waals surface area (Å²) in [7, 11) is -2.12. The van der Waals surface area contributed by atoms with Crippen molar-refractivity contribution in [3.8, 4) is 0 Å². The summed E-state index contributed by atoms with van der Waals surface area (Å²) in [5.41, 5.74) is 0.120. The molecule has 1 radical (unpaired) electrons. The molecule has 2 atom stereocenters. The van der Waals surface area contributed by atoms with E-state index in [0.29, 0.717) is 23.7 Å². The van der Waals surface area contributed by atoms with Gasteiger partial charge in [-0.05, 0) is 55.6 Å². The van der Waals surface area contributed by atoms with E-state index in [0.717, 1.165) is 0 Å². The number of nitrogens with zero attached hydrogens (tertiary/aromatic N) is 1. The number of esters is 1. The van der Waals surface area contributed by atoms with Gasteiger partial charge in [0.15, 0.2) is 14.5 Å². The molecule has 35 heavy (non-hydrogen) atoms. The zero-order valence-electron chi connectivity index (χ0n) is 21.6. The SMILES string of the molecule is CCOC(=O)/C=C/C1=C[C@H](n2cc(C)c(=O)[nH]c2=O)O[C@@H]1CO[Si](C)(C)C(C)(C)C(C)C.[C-]#[O+].[Fe+3]. The third kappa shape index (κ3) is 8.29. The summed E-state index contributed by atoms with van der Waals surface area (Å²) in [4.78, 5) is 38.2. The number of H-pyrrole nitrogens is 1. The van der Waals surface area contributed by atoms with E-state index in [1.54, 1.807) is 26.0 Å². The molecule has 0 amide bonds. The number of aryl methyl sites for hydroxylation is 1. The molecule has 11 heteroatoms. The molecule has 0 aromatic carbocycles. The van der Waals surface area contributed by atoms with E-state index in [2.05, 4.69) is 52.4 Å². The van der Waals surface area contributed by atoms with Crippen molar-refractivity contribution in [3.05, 3.63) is 63.0 Å². The average molecular weight is 548 g/mol. The number of carbonyl (C=O) groups is 1. The minimum absolute atomic E-state index is 0. The molecule has 1 aromatic rings. The van der Waals surface area contributed by atoms with Crippen LogP contribution in [0.1, 0.15) is 46.4 Å². The quantitative estimate of drug-likeness (QED) is 0.166. The Balaban J connectivity index is 0.00000375. The summed E-state index contributed by atoms with van der Waals surface area (Å²) in [6.07, 6.45) is 5.01. The van der Waals surface area contributed by atoms with Crippen LogP contribution in [-0.2, 0) is 40.4 Å². The van der Waals surface area contributed by atoms with Crippen molar-refractivity contribution in [2.45, 2.75) is 72.0 Å². The minimum atomic E-state index is -2.12. The van der Waals surface area contributed by atoms with Crippen molar-refractivity contribution >= 4 is 14.3 Å². The third-order valence-electron chi connectivity index (χ3n) is 6.72. The van der Waals surface area contributed by atoms with Gasteiger partial charge in [-0.3, -0.25) is 14.3 Å². The van der Waals surface area contributed by atoms with Gasteiger partial charge in [-0.1, -0.05) is 27.7 Å². The predicted molar refractivity (Wildman–Crippen MR) is 130 cm³/mol. The maximum Gasteiger partial charge on any atom is 3.00 e. The zero-order valence-corrected chi connectivity index (χ0v) is 23.7. The first-order valence-electron chi connectivity index (χ1n) is 11.2. The second-order valence-corrected chi connectivity index (χ2v) is 14.0. The van der Waals surface area contributed by atoms with E-state index in [4.69, 9.17) is 18.6 Å². The van der Waals surface area contributed by atoms with Crippen LogP contribution in [0.25, 0.3) is 0 Å². The number of aromatic nitrogens is 2. The van der Waals surface area contributed by atoms with Gasteiger partial charge in [-0.15, -0.1) is 0 Å². The maximum absolute atomic E-state index is 12.3. The molecule has 0 fully saturated rings. The van der Waals surface area contributed by atoms with Gasteiger partial charge in [0.1, 0.15) is 6.10 Å². The first-order chi connectivity index (χ1) is 15.8. The second kappa shape index (κ2) is 13.9. The Morgan fingerprint density at radius 3 is 2.49 bits per heavy atom. The first kappa shape index (κ1) is 33.0. The van der Waals surface area contributed by atoms with Crippen LogP contribution in [-0.4, -0.2) is 43.2 Å². The van der Waals surface area contributed by atoms with Gasteiger partial charge >= 0.3 is 40.0 Å². The fraction of sp³-hybridized carbons (Fsp3) is 0.583. The number of rotatable bonds is 9. The van der Waals surface area contributed by atoms with Crippen molar-refractivity contribution < 1.29 is 40.4 Å². The van der Waals surface area contributed by atoms with Crippen LogP contribution >= 0.6 is 0 Å². The molecule has 1 aliphatic heterocycles. The van der Waals surface area contributed by atoms with Gasteiger partial charge in [0, 0.05) is 17.8 Å². The molecule has 1 aromatic heterocycles. The smallest absolute Gasteiger partial charge is 3.00 e. The summed E-state index contributed by atoms with van der Waals surface area (Å²) in [5.74, 6) is -0.00736. The Hall–Kier alpha value is -1.97. The van der Waals surface area contributed by atoms with Gasteiger partial charge in [0.05, 0.1) is 13.2 Å². The van der Waals surface area contributed by atoms with Gasteiger partial charge in [0.2, 0.25) is 0 Å². The van der Waals surface area contributed by atoms with Crippen molar-refractivity contribution in [2.24, 2.45) is 5.92 Å². The van der Waals surface area contributed by atoms with E-state index in [9.17, 15) is 14.4 Å². The monoisotopic (exact) mass is 548 g/mol. The molecule has 9 nitrogen and oxygen atoms in total. The average Bonchev–Trinajstić information content (AvgIpc) is 3.17. The molecule has 1 aliphatic rings. The fourth-order valence-corrected chi connectivity index (χ4v) is 5.63. The normalized spacial score (nSPS) is 18.0. The van der Waals surface area contributed by atoms with E-state index in [-0.39, 0.29) is 28.7 Å². The minimum Gasteiger partial charge on any atom is 3.00 e. The standard InChI is InChI=1S/C23H36N2O6Si.CO.Fe/c1-9-29-20(26)11-10-17-12-19(25-13-16(4)21(27)24-22(25)28)31-18(17)14-30-32(7,8)23(5,6)15(2)3;1-2;/h10-13,15,18-19H,9,14H2,1-8H3,(H,24,27,28);;/q;;+3/b11-10+;;/t18-,19-;;/m1../s1. The largest absolute Gasteiger partial charge is 3.00 e. The van der Waals surface area contributed by atoms with Crippen LogP contribution in [0, 0.1) is 19.5 Å². The molecule has 0 unspecified atom stereocenters. The van der Waals surface area contributed by atoms with Crippen LogP contribution < -0.4 is 11.2 Å². The summed E-state index contributed by atoms with van der Waals surface area (Å²) in [6.45, 7) is 21.6. The summed E-state index contributed by atoms with van der Waals surface area (Å²) in [5, 5.41) is 0.0304. The number of ether oxygens (including phenoxy) is 2. The zero-order chi connectivity index (χ0) is 26.3. The maximum atomic E-state index is 12.3. The van der Waals surface area contributed by atoms with Gasteiger partial charge < -0.3 is 13.9 Å². The molecular formula is C24H36FeN2O7Si+3. The molecule has 0 spiro atoms. The Labute approximate surface area is 218 Å². The number of carbonyl (C=O) groups excluding carboxylic acids is 1. The molecule has 193 valence electrons. The van der Waals surface area contributed by atoms with Crippen LogP contribution in [0.2, 0.25) is 18.1 Å². The Bertz CT molecular complexity index is 1050. The van der Waals surface area contributed by atoms with Crippen LogP contribution in [0.3, 0.4) is 0 Å². The summed E-state index contributed by atoms with van der Waals surface area (Å²) in [6, 6.07) is 0. The van der Waals surface area contributed by atoms with Crippen LogP contribution in [0.15, 0.2) is 39.6 Å². The Morgan fingerprint density at radius 2 is 1.94 bits per heavy atom. The second-order valence-electron chi connectivity index (χ2n) is 9.44. The molecule has 2 rings (SSSR count). The van der Waals surface area contributed by atoms with E-state index >= 15 is 0 Å². The predicted octanol–water partition coefficient (Wildman–Crippen LogP) is 3.41. The summed E-state index contributed by atoms with van der Waals surface area (Å²) < 4.78 is 26.4. The van der Waals surface area contributed by atoms with E-state index < -0.39 is 37.9 Å². The number of hydrogen-bond acceptors (Lipinski definition) is 6. The Morgan fingerprint density at radius 1 is 1.34 bits per heavy atom. The molecule has 0 saturated carbocycles. The topological polar surface area (TPSA) is 120 Å². The number of aromatic amines is 1. The van der Waals surface area contributed by atoms with Crippen molar-refractivity contribution in [2.75, 3.05) is 13.2 Å². The first-order valence-corrected chi connectivity index (χ1v) is 14.1. The van der Waals surface area contributed by atoms with Crippen molar-refractivity contribution in [3.63, 3.8) is 0 Å². The summed E-state index contributed by atoms with van der Waals surface area (Å²) >= 11 is 0. The molecule has 0 aliphatic carbocycles. The molecule has 2 heterocycles. The number of hydrogen-bond donors (Lipinski definition) is 1. The van der Waals surface area contributed by atoms with Crippen LogP contribution in [0.5, 0.6) is 0 Å². The van der Waals surface area contributed by atoms with Gasteiger partial charge in [-0.2, -0.15) is 0 Å². The van der Waals surface area contributed by atoms with Crippen LogP contribution in [0.4, 0.5) is 0 Å². The number of nitrogens with one attached hydrogen (secondary N) is 1. The van der Waals surface area contributed by atoms with Crippen molar-refractivity contribution in [1.82, 2.24) is 9.55 Å². The fourth-order valence-electron chi connectivity index (χ4n) is 3.30. The molecular weight excluding hydrogens is 512 g/mol. The van der Waals surface area contributed by atoms with E-state index in [1.807, 2.05) is 0 Å².